The molecule has 1 aromatic heterocycles. The van der Waals surface area contributed by atoms with Gasteiger partial charge in [0.15, 0.2) is 0 Å². The number of halogens is 2. The molecule has 2 N–H and O–H groups in total. The summed E-state index contributed by atoms with van der Waals surface area (Å²) < 4.78 is 0. The van der Waals surface area contributed by atoms with Crippen LogP contribution in [0.1, 0.15) is 30.6 Å². The SMILES string of the molecule is CCC(C)(NC(=O)c1cc(Cl)nc(Cl)c1)C(=O)O. The van der Waals surface area contributed by atoms with Crippen LogP contribution >= 0.6 is 23.2 Å². The fraction of sp³-hybridized carbons (Fsp3) is 0.364. The van der Waals surface area contributed by atoms with Gasteiger partial charge >= 0.3 is 5.97 Å². The number of rotatable bonds is 4. The fourth-order valence-corrected chi connectivity index (χ4v) is 1.67. The first-order valence-electron chi connectivity index (χ1n) is 5.17. The van der Waals surface area contributed by atoms with Gasteiger partial charge in [-0.3, -0.25) is 4.79 Å². The van der Waals surface area contributed by atoms with Gasteiger partial charge in [0.25, 0.3) is 5.91 Å². The Morgan fingerprint density at radius 2 is 1.89 bits per heavy atom. The molecule has 0 aliphatic rings. The number of carboxylic acids is 1. The van der Waals surface area contributed by atoms with Crippen LogP contribution < -0.4 is 5.32 Å². The molecule has 18 heavy (non-hydrogen) atoms. The minimum Gasteiger partial charge on any atom is -0.480 e. The van der Waals surface area contributed by atoms with E-state index < -0.39 is 17.4 Å². The standard InChI is InChI=1S/C11H12Cl2N2O3/c1-3-11(2,10(17)18)15-9(16)6-4-7(12)14-8(13)5-6/h4-5H,3H2,1-2H3,(H,15,16)(H,17,18). The van der Waals surface area contributed by atoms with Gasteiger partial charge in [-0.2, -0.15) is 0 Å². The Morgan fingerprint density at radius 1 is 1.39 bits per heavy atom. The predicted molar refractivity (Wildman–Crippen MR) is 68.1 cm³/mol. The third-order valence-electron chi connectivity index (χ3n) is 2.59. The van der Waals surface area contributed by atoms with Gasteiger partial charge in [0.1, 0.15) is 15.8 Å². The maximum absolute atomic E-state index is 11.9. The summed E-state index contributed by atoms with van der Waals surface area (Å²) in [5.74, 6) is -1.67. The van der Waals surface area contributed by atoms with E-state index in [0.29, 0.717) is 0 Å². The highest BCUT2D eigenvalue weighted by molar-refractivity contribution is 6.33. The number of carbonyl (C=O) groups is 2. The van der Waals surface area contributed by atoms with Crippen LogP contribution in [0.3, 0.4) is 0 Å². The molecular weight excluding hydrogens is 279 g/mol. The molecule has 1 atom stereocenters. The van der Waals surface area contributed by atoms with Gasteiger partial charge in [0.2, 0.25) is 0 Å². The average molecular weight is 291 g/mol. The fourth-order valence-electron chi connectivity index (χ4n) is 1.21. The Labute approximate surface area is 114 Å². The molecule has 0 saturated heterocycles. The molecule has 5 nitrogen and oxygen atoms in total. The van der Waals surface area contributed by atoms with Gasteiger partial charge in [-0.25, -0.2) is 9.78 Å². The molecule has 1 amide bonds. The summed E-state index contributed by atoms with van der Waals surface area (Å²) in [5, 5.41) is 11.6. The van der Waals surface area contributed by atoms with E-state index in [9.17, 15) is 9.59 Å². The average Bonchev–Trinajstić information content (AvgIpc) is 2.27. The van der Waals surface area contributed by atoms with E-state index in [0.717, 1.165) is 0 Å². The van der Waals surface area contributed by atoms with Crippen molar-refractivity contribution in [1.29, 1.82) is 0 Å². The lowest BCUT2D eigenvalue weighted by Crippen LogP contribution is -2.51. The number of carboxylic acid groups (broad SMARTS) is 1. The molecule has 0 aliphatic heterocycles. The largest absolute Gasteiger partial charge is 0.480 e. The normalized spacial score (nSPS) is 13.8. The first kappa shape index (κ1) is 14.7. The first-order valence-corrected chi connectivity index (χ1v) is 5.93. The van der Waals surface area contributed by atoms with Crippen molar-refractivity contribution in [2.75, 3.05) is 0 Å². The summed E-state index contributed by atoms with van der Waals surface area (Å²) in [7, 11) is 0. The summed E-state index contributed by atoms with van der Waals surface area (Å²) in [5.41, 5.74) is -1.17. The predicted octanol–water partition coefficient (Wildman–Crippen LogP) is 2.37. The van der Waals surface area contributed by atoms with Crippen molar-refractivity contribution in [3.8, 4) is 0 Å². The number of nitrogens with one attached hydrogen (secondary N) is 1. The van der Waals surface area contributed by atoms with Crippen molar-refractivity contribution >= 4 is 35.1 Å². The zero-order valence-electron chi connectivity index (χ0n) is 9.83. The number of pyridine rings is 1. The Hall–Kier alpha value is -1.33. The highest BCUT2D eigenvalue weighted by Crippen LogP contribution is 2.16. The monoisotopic (exact) mass is 290 g/mol. The molecular formula is C11H12Cl2N2O3. The topological polar surface area (TPSA) is 79.3 Å². The van der Waals surface area contributed by atoms with Crippen molar-refractivity contribution in [1.82, 2.24) is 10.3 Å². The number of amides is 1. The summed E-state index contributed by atoms with van der Waals surface area (Å²) >= 11 is 11.3. The maximum Gasteiger partial charge on any atom is 0.329 e. The summed E-state index contributed by atoms with van der Waals surface area (Å²) in [6, 6.07) is 2.64. The second-order valence-electron chi connectivity index (χ2n) is 3.95. The second kappa shape index (κ2) is 5.54. The molecule has 1 rings (SSSR count). The van der Waals surface area contributed by atoms with Crippen molar-refractivity contribution in [3.05, 3.63) is 28.0 Å². The van der Waals surface area contributed by atoms with E-state index >= 15 is 0 Å². The van der Waals surface area contributed by atoms with Crippen molar-refractivity contribution < 1.29 is 14.7 Å². The van der Waals surface area contributed by atoms with Crippen LogP contribution in [0.2, 0.25) is 10.3 Å². The third kappa shape index (κ3) is 3.34. The van der Waals surface area contributed by atoms with Crippen LogP contribution in [-0.2, 0) is 4.79 Å². The molecule has 1 heterocycles. The van der Waals surface area contributed by atoms with Gasteiger partial charge < -0.3 is 10.4 Å². The Kier molecular flexibility index (Phi) is 4.53. The molecule has 0 spiro atoms. The highest BCUT2D eigenvalue weighted by Gasteiger charge is 2.33. The molecule has 1 unspecified atom stereocenters. The summed E-state index contributed by atoms with van der Waals surface area (Å²) in [4.78, 5) is 26.7. The smallest absolute Gasteiger partial charge is 0.329 e. The van der Waals surface area contributed by atoms with Crippen molar-refractivity contribution in [3.63, 3.8) is 0 Å². The summed E-state index contributed by atoms with van der Waals surface area (Å²) in [6.07, 6.45) is 0.251. The molecule has 7 heteroatoms. The lowest BCUT2D eigenvalue weighted by Gasteiger charge is -2.24. The lowest BCUT2D eigenvalue weighted by atomic mass is 9.98. The van der Waals surface area contributed by atoms with E-state index in [-0.39, 0.29) is 22.3 Å². The number of aromatic nitrogens is 1. The van der Waals surface area contributed by atoms with E-state index in [2.05, 4.69) is 10.3 Å². The van der Waals surface area contributed by atoms with Crippen LogP contribution in [0.4, 0.5) is 0 Å². The van der Waals surface area contributed by atoms with Gasteiger partial charge in [0, 0.05) is 5.56 Å². The molecule has 98 valence electrons. The molecule has 0 aromatic carbocycles. The van der Waals surface area contributed by atoms with E-state index in [1.165, 1.54) is 19.1 Å². The Bertz CT molecular complexity index is 473. The highest BCUT2D eigenvalue weighted by atomic mass is 35.5. The van der Waals surface area contributed by atoms with Crippen LogP contribution in [-0.4, -0.2) is 27.5 Å². The van der Waals surface area contributed by atoms with Gasteiger partial charge in [0.05, 0.1) is 0 Å². The maximum atomic E-state index is 11.9. The zero-order valence-corrected chi connectivity index (χ0v) is 11.3. The van der Waals surface area contributed by atoms with Gasteiger partial charge in [-0.1, -0.05) is 30.1 Å². The van der Waals surface area contributed by atoms with E-state index in [1.54, 1.807) is 6.92 Å². The number of carbonyl (C=O) groups excluding carboxylic acids is 1. The number of hydrogen-bond donors (Lipinski definition) is 2. The molecule has 0 saturated carbocycles. The first-order chi connectivity index (χ1) is 8.28. The van der Waals surface area contributed by atoms with Crippen LogP contribution in [0.25, 0.3) is 0 Å². The van der Waals surface area contributed by atoms with Crippen LogP contribution in [0, 0.1) is 0 Å². The van der Waals surface area contributed by atoms with Crippen molar-refractivity contribution in [2.45, 2.75) is 25.8 Å². The second-order valence-corrected chi connectivity index (χ2v) is 4.72. The van der Waals surface area contributed by atoms with Gasteiger partial charge in [-0.05, 0) is 25.5 Å². The third-order valence-corrected chi connectivity index (χ3v) is 2.98. The van der Waals surface area contributed by atoms with Crippen LogP contribution in [0.15, 0.2) is 12.1 Å². The van der Waals surface area contributed by atoms with E-state index in [1.807, 2.05) is 0 Å². The summed E-state index contributed by atoms with van der Waals surface area (Å²) in [6.45, 7) is 3.10. The Morgan fingerprint density at radius 3 is 2.28 bits per heavy atom. The molecule has 1 aromatic rings. The minimum absolute atomic E-state index is 0.0705. The number of aliphatic carboxylic acids is 1. The molecule has 0 fully saturated rings. The molecule has 0 radical (unpaired) electrons. The molecule has 0 aliphatic carbocycles. The zero-order chi connectivity index (χ0) is 13.9. The van der Waals surface area contributed by atoms with Crippen LogP contribution in [0.5, 0.6) is 0 Å². The van der Waals surface area contributed by atoms with Gasteiger partial charge in [-0.15, -0.1) is 0 Å². The Balaban J connectivity index is 2.98. The van der Waals surface area contributed by atoms with Crippen molar-refractivity contribution in [2.24, 2.45) is 0 Å². The number of hydrogen-bond acceptors (Lipinski definition) is 3. The van der Waals surface area contributed by atoms with E-state index in [4.69, 9.17) is 28.3 Å². The minimum atomic E-state index is -1.33. The quantitative estimate of drug-likeness (QED) is 0.835. The molecule has 0 bridgehead atoms. The lowest BCUT2D eigenvalue weighted by molar-refractivity contribution is -0.143. The number of nitrogens with zero attached hydrogens (tertiary/aromatic N) is 1.